The Hall–Kier alpha value is -2.82. The fourth-order valence-corrected chi connectivity index (χ4v) is 2.35. The Morgan fingerprint density at radius 3 is 2.50 bits per heavy atom. The average Bonchev–Trinajstić information content (AvgIpc) is 2.55. The fourth-order valence-electron chi connectivity index (χ4n) is 2.35. The Balaban J connectivity index is 1.92. The van der Waals surface area contributed by atoms with Crippen molar-refractivity contribution in [2.45, 2.75) is 26.8 Å². The van der Waals surface area contributed by atoms with Crippen LogP contribution in [0.4, 0.5) is 5.69 Å². The van der Waals surface area contributed by atoms with Gasteiger partial charge in [-0.25, -0.2) is 0 Å². The highest BCUT2D eigenvalue weighted by molar-refractivity contribution is 5.92. The van der Waals surface area contributed by atoms with Gasteiger partial charge in [-0.2, -0.15) is 0 Å². The highest BCUT2D eigenvalue weighted by Gasteiger charge is 2.13. The van der Waals surface area contributed by atoms with Crippen LogP contribution < -0.4 is 5.32 Å². The first kappa shape index (κ1) is 17.5. The number of phenols is 1. The second kappa shape index (κ2) is 8.15. The molecule has 0 heterocycles. The van der Waals surface area contributed by atoms with Crippen molar-refractivity contribution in [3.8, 4) is 5.75 Å². The summed E-state index contributed by atoms with van der Waals surface area (Å²) in [6.07, 6.45) is 0.166. The maximum atomic E-state index is 12.1. The Morgan fingerprint density at radius 1 is 1.12 bits per heavy atom. The van der Waals surface area contributed by atoms with E-state index in [1.165, 1.54) is 6.92 Å². The van der Waals surface area contributed by atoms with Crippen molar-refractivity contribution >= 4 is 17.5 Å². The van der Waals surface area contributed by atoms with Crippen molar-refractivity contribution in [1.82, 2.24) is 4.90 Å². The zero-order chi connectivity index (χ0) is 17.5. The molecule has 0 spiro atoms. The van der Waals surface area contributed by atoms with E-state index in [1.54, 1.807) is 23.1 Å². The van der Waals surface area contributed by atoms with Crippen LogP contribution in [0.25, 0.3) is 0 Å². The second-order valence-corrected chi connectivity index (χ2v) is 5.74. The standard InChI is InChI=1S/C19H22N2O3/c1-14-8-9-18(23)17(12-14)20-19(24)10-11-21(15(2)22)13-16-6-4-3-5-7-16/h3-9,12,23H,10-11,13H2,1-2H3,(H,20,24). The van der Waals surface area contributed by atoms with Gasteiger partial charge in [-0.05, 0) is 30.2 Å². The van der Waals surface area contributed by atoms with Gasteiger partial charge in [0, 0.05) is 26.4 Å². The van der Waals surface area contributed by atoms with Crippen molar-refractivity contribution in [3.63, 3.8) is 0 Å². The summed E-state index contributed by atoms with van der Waals surface area (Å²) in [4.78, 5) is 25.5. The molecule has 0 aliphatic carbocycles. The molecule has 0 saturated heterocycles. The van der Waals surface area contributed by atoms with E-state index in [2.05, 4.69) is 5.32 Å². The van der Waals surface area contributed by atoms with Gasteiger partial charge in [0.25, 0.3) is 0 Å². The predicted octanol–water partition coefficient (Wildman–Crippen LogP) is 3.08. The summed E-state index contributed by atoms with van der Waals surface area (Å²) in [6, 6.07) is 14.7. The summed E-state index contributed by atoms with van der Waals surface area (Å²) in [5, 5.41) is 12.4. The van der Waals surface area contributed by atoms with Crippen LogP contribution in [0.3, 0.4) is 0 Å². The van der Waals surface area contributed by atoms with E-state index in [0.717, 1.165) is 11.1 Å². The number of benzene rings is 2. The number of hydrogen-bond acceptors (Lipinski definition) is 3. The van der Waals surface area contributed by atoms with Gasteiger partial charge in [-0.3, -0.25) is 9.59 Å². The number of phenolic OH excluding ortho intramolecular Hbond substituents is 1. The van der Waals surface area contributed by atoms with Gasteiger partial charge in [0.2, 0.25) is 11.8 Å². The Kier molecular flexibility index (Phi) is 5.95. The van der Waals surface area contributed by atoms with Crippen molar-refractivity contribution < 1.29 is 14.7 Å². The van der Waals surface area contributed by atoms with Crippen LogP contribution >= 0.6 is 0 Å². The summed E-state index contributed by atoms with van der Waals surface area (Å²) in [6.45, 7) is 4.17. The van der Waals surface area contributed by atoms with E-state index in [-0.39, 0.29) is 24.0 Å². The number of carbonyl (C=O) groups is 2. The Bertz CT molecular complexity index is 714. The number of amides is 2. The molecule has 0 aliphatic heterocycles. The third-order valence-corrected chi connectivity index (χ3v) is 3.70. The summed E-state index contributed by atoms with van der Waals surface area (Å²) in [7, 11) is 0. The molecule has 5 heteroatoms. The van der Waals surface area contributed by atoms with Crippen LogP contribution in [0, 0.1) is 6.92 Å². The largest absolute Gasteiger partial charge is 0.506 e. The van der Waals surface area contributed by atoms with Gasteiger partial charge < -0.3 is 15.3 Å². The molecule has 2 amide bonds. The second-order valence-electron chi connectivity index (χ2n) is 5.74. The minimum absolute atomic E-state index is 0.0293. The monoisotopic (exact) mass is 326 g/mol. The smallest absolute Gasteiger partial charge is 0.226 e. The number of aromatic hydroxyl groups is 1. The molecule has 24 heavy (non-hydrogen) atoms. The Morgan fingerprint density at radius 2 is 1.83 bits per heavy atom. The zero-order valence-corrected chi connectivity index (χ0v) is 14.0. The molecule has 0 unspecified atom stereocenters. The minimum atomic E-state index is -0.241. The third-order valence-electron chi connectivity index (χ3n) is 3.70. The van der Waals surface area contributed by atoms with Crippen molar-refractivity contribution in [2.24, 2.45) is 0 Å². The molecule has 0 bridgehead atoms. The van der Waals surface area contributed by atoms with E-state index >= 15 is 0 Å². The number of hydrogen-bond donors (Lipinski definition) is 2. The van der Waals surface area contributed by atoms with Gasteiger partial charge in [0.05, 0.1) is 5.69 Å². The van der Waals surface area contributed by atoms with E-state index < -0.39 is 0 Å². The van der Waals surface area contributed by atoms with E-state index in [1.807, 2.05) is 37.3 Å². The van der Waals surface area contributed by atoms with Crippen molar-refractivity contribution in [3.05, 3.63) is 59.7 Å². The van der Waals surface area contributed by atoms with E-state index in [4.69, 9.17) is 0 Å². The maximum absolute atomic E-state index is 12.1. The molecule has 0 fully saturated rings. The Labute approximate surface area is 141 Å². The van der Waals surface area contributed by atoms with Gasteiger partial charge in [0.1, 0.15) is 5.75 Å². The number of anilines is 1. The van der Waals surface area contributed by atoms with Crippen LogP contribution in [-0.4, -0.2) is 28.4 Å². The molecule has 5 nitrogen and oxygen atoms in total. The van der Waals surface area contributed by atoms with Gasteiger partial charge >= 0.3 is 0 Å². The molecule has 2 aromatic rings. The van der Waals surface area contributed by atoms with Crippen LogP contribution in [0.5, 0.6) is 5.75 Å². The number of carbonyl (C=O) groups excluding carboxylic acids is 2. The number of nitrogens with zero attached hydrogens (tertiary/aromatic N) is 1. The van der Waals surface area contributed by atoms with E-state index in [0.29, 0.717) is 18.8 Å². The molecule has 2 aromatic carbocycles. The van der Waals surface area contributed by atoms with Crippen LogP contribution in [0.15, 0.2) is 48.5 Å². The summed E-state index contributed by atoms with van der Waals surface area (Å²) in [5.74, 6) is -0.290. The minimum Gasteiger partial charge on any atom is -0.506 e. The lowest BCUT2D eigenvalue weighted by molar-refractivity contribution is -0.129. The van der Waals surface area contributed by atoms with Crippen LogP contribution in [-0.2, 0) is 16.1 Å². The summed E-state index contributed by atoms with van der Waals surface area (Å²) >= 11 is 0. The quantitative estimate of drug-likeness (QED) is 0.802. The van der Waals surface area contributed by atoms with E-state index in [9.17, 15) is 14.7 Å². The van der Waals surface area contributed by atoms with Gasteiger partial charge in [-0.1, -0.05) is 36.4 Å². The first-order valence-electron chi connectivity index (χ1n) is 7.84. The molecule has 0 aliphatic rings. The zero-order valence-electron chi connectivity index (χ0n) is 14.0. The summed E-state index contributed by atoms with van der Waals surface area (Å²) in [5.41, 5.74) is 2.35. The molecular formula is C19H22N2O3. The first-order valence-corrected chi connectivity index (χ1v) is 7.84. The first-order chi connectivity index (χ1) is 11.5. The number of rotatable bonds is 6. The predicted molar refractivity (Wildman–Crippen MR) is 93.6 cm³/mol. The lowest BCUT2D eigenvalue weighted by Gasteiger charge is -2.21. The number of aryl methyl sites for hydroxylation is 1. The van der Waals surface area contributed by atoms with Gasteiger partial charge in [-0.15, -0.1) is 0 Å². The highest BCUT2D eigenvalue weighted by atomic mass is 16.3. The SMILES string of the molecule is CC(=O)N(CCC(=O)Nc1cc(C)ccc1O)Cc1ccccc1. The molecule has 126 valence electrons. The van der Waals surface area contributed by atoms with Gasteiger partial charge in [0.15, 0.2) is 0 Å². The summed E-state index contributed by atoms with van der Waals surface area (Å²) < 4.78 is 0. The molecule has 0 aromatic heterocycles. The topological polar surface area (TPSA) is 69.6 Å². The lowest BCUT2D eigenvalue weighted by atomic mass is 10.2. The highest BCUT2D eigenvalue weighted by Crippen LogP contribution is 2.23. The molecular weight excluding hydrogens is 304 g/mol. The van der Waals surface area contributed by atoms with Crippen LogP contribution in [0.1, 0.15) is 24.5 Å². The molecule has 0 atom stereocenters. The maximum Gasteiger partial charge on any atom is 0.226 e. The molecule has 0 saturated carbocycles. The van der Waals surface area contributed by atoms with Crippen molar-refractivity contribution in [1.29, 1.82) is 0 Å². The fraction of sp³-hybridized carbons (Fsp3) is 0.263. The number of nitrogens with one attached hydrogen (secondary N) is 1. The van der Waals surface area contributed by atoms with Crippen molar-refractivity contribution in [2.75, 3.05) is 11.9 Å². The molecule has 0 radical (unpaired) electrons. The average molecular weight is 326 g/mol. The molecule has 2 N–H and O–H groups in total. The lowest BCUT2D eigenvalue weighted by Crippen LogP contribution is -2.31. The molecule has 2 rings (SSSR count). The van der Waals surface area contributed by atoms with Crippen LogP contribution in [0.2, 0.25) is 0 Å². The third kappa shape index (κ3) is 5.12. The normalized spacial score (nSPS) is 10.2.